The molecule has 0 aliphatic rings. The van der Waals surface area contributed by atoms with E-state index in [4.69, 9.17) is 5.26 Å². The van der Waals surface area contributed by atoms with E-state index in [2.05, 4.69) is 11.1 Å². The fourth-order valence-electron chi connectivity index (χ4n) is 1.82. The highest BCUT2D eigenvalue weighted by molar-refractivity contribution is 5.86. The van der Waals surface area contributed by atoms with Crippen LogP contribution in [0.1, 0.15) is 24.2 Å². The van der Waals surface area contributed by atoms with Crippen molar-refractivity contribution in [3.63, 3.8) is 0 Å². The number of nitrogens with zero attached hydrogens (tertiary/aromatic N) is 1. The second-order valence-corrected chi connectivity index (χ2v) is 3.59. The summed E-state index contributed by atoms with van der Waals surface area (Å²) in [6, 6.07) is 7.88. The lowest BCUT2D eigenvalue weighted by atomic mass is 10.0. The van der Waals surface area contributed by atoms with Crippen molar-refractivity contribution in [2.75, 3.05) is 0 Å². The van der Waals surface area contributed by atoms with Gasteiger partial charge in [-0.05, 0) is 12.5 Å². The van der Waals surface area contributed by atoms with E-state index >= 15 is 0 Å². The number of para-hydroxylation sites is 1. The number of aromatic nitrogens is 1. The third-order valence-electron chi connectivity index (χ3n) is 2.55. The van der Waals surface area contributed by atoms with Crippen LogP contribution in [-0.2, 0) is 6.42 Å². The van der Waals surface area contributed by atoms with Crippen molar-refractivity contribution >= 4 is 10.9 Å². The van der Waals surface area contributed by atoms with Crippen molar-refractivity contribution in [1.29, 1.82) is 5.26 Å². The number of fused-ring (bicyclic) bond motifs is 1. The molecule has 0 fully saturated rings. The van der Waals surface area contributed by atoms with E-state index in [-0.39, 0.29) is 0 Å². The average Bonchev–Trinajstić information content (AvgIpc) is 2.62. The average molecular weight is 200 g/mol. The fraction of sp³-hybridized carbons (Fsp3) is 0.250. The van der Waals surface area contributed by atoms with Crippen LogP contribution in [0.4, 0.5) is 0 Å². The Hall–Kier alpha value is -1.79. The fourth-order valence-corrected chi connectivity index (χ4v) is 1.82. The van der Waals surface area contributed by atoms with Gasteiger partial charge in [-0.1, -0.05) is 18.2 Å². The van der Waals surface area contributed by atoms with Gasteiger partial charge in [0, 0.05) is 17.1 Å². The molecule has 0 aliphatic heterocycles. The zero-order valence-electron chi connectivity index (χ0n) is 8.49. The molecule has 1 aromatic carbocycles. The van der Waals surface area contributed by atoms with E-state index in [0.29, 0.717) is 6.42 Å². The van der Waals surface area contributed by atoms with Gasteiger partial charge in [-0.25, -0.2) is 0 Å². The molecule has 0 saturated carbocycles. The van der Waals surface area contributed by atoms with Gasteiger partial charge in [-0.3, -0.25) is 0 Å². The van der Waals surface area contributed by atoms with Crippen LogP contribution in [0.3, 0.4) is 0 Å². The Morgan fingerprint density at radius 3 is 3.00 bits per heavy atom. The van der Waals surface area contributed by atoms with Crippen LogP contribution in [0.5, 0.6) is 0 Å². The molecule has 0 bridgehead atoms. The van der Waals surface area contributed by atoms with Crippen LogP contribution in [-0.4, -0.2) is 10.1 Å². The van der Waals surface area contributed by atoms with Crippen LogP contribution in [0.25, 0.3) is 10.9 Å². The Morgan fingerprint density at radius 1 is 1.53 bits per heavy atom. The minimum absolute atomic E-state index is 0.392. The molecule has 0 aliphatic carbocycles. The van der Waals surface area contributed by atoms with Crippen molar-refractivity contribution in [1.82, 2.24) is 4.98 Å². The highest BCUT2D eigenvalue weighted by Crippen LogP contribution is 2.25. The summed E-state index contributed by atoms with van der Waals surface area (Å²) < 4.78 is 0. The monoisotopic (exact) mass is 200 g/mol. The Bertz CT molecular complexity index is 520. The van der Waals surface area contributed by atoms with Gasteiger partial charge < -0.3 is 10.1 Å². The normalized spacial score (nSPS) is 12.6. The minimum Gasteiger partial charge on any atom is -0.389 e. The quantitative estimate of drug-likeness (QED) is 0.781. The molecule has 76 valence electrons. The number of rotatable bonds is 2. The first-order valence-corrected chi connectivity index (χ1v) is 4.88. The topological polar surface area (TPSA) is 59.8 Å². The Morgan fingerprint density at radius 2 is 2.33 bits per heavy atom. The molecular weight excluding hydrogens is 188 g/mol. The first kappa shape index (κ1) is 9.75. The van der Waals surface area contributed by atoms with Crippen LogP contribution in [0, 0.1) is 11.3 Å². The molecule has 3 heteroatoms. The summed E-state index contributed by atoms with van der Waals surface area (Å²) >= 11 is 0. The predicted octanol–water partition coefficient (Wildman–Crippen LogP) is 2.29. The molecule has 15 heavy (non-hydrogen) atoms. The van der Waals surface area contributed by atoms with Crippen molar-refractivity contribution < 1.29 is 5.11 Å². The summed E-state index contributed by atoms with van der Waals surface area (Å²) in [5.74, 6) is 0. The van der Waals surface area contributed by atoms with Crippen molar-refractivity contribution in [3.8, 4) is 6.07 Å². The molecule has 0 radical (unpaired) electrons. The highest BCUT2D eigenvalue weighted by Gasteiger charge is 2.09. The van der Waals surface area contributed by atoms with Gasteiger partial charge in [0.2, 0.25) is 0 Å². The summed E-state index contributed by atoms with van der Waals surface area (Å²) in [4.78, 5) is 3.11. The zero-order chi connectivity index (χ0) is 10.8. The maximum absolute atomic E-state index is 9.58. The first-order chi connectivity index (χ1) is 7.24. The molecule has 2 aromatic rings. The van der Waals surface area contributed by atoms with Crippen LogP contribution in [0.2, 0.25) is 0 Å². The molecule has 2 rings (SSSR count). The smallest absolute Gasteiger partial charge is 0.0782 e. The Kier molecular flexibility index (Phi) is 2.44. The van der Waals surface area contributed by atoms with E-state index in [9.17, 15) is 5.11 Å². The third-order valence-corrected chi connectivity index (χ3v) is 2.55. The van der Waals surface area contributed by atoms with Gasteiger partial charge in [0.1, 0.15) is 0 Å². The molecule has 0 spiro atoms. The van der Waals surface area contributed by atoms with Gasteiger partial charge in [0.25, 0.3) is 0 Å². The lowest BCUT2D eigenvalue weighted by Gasteiger charge is -2.05. The van der Waals surface area contributed by atoms with Crippen LogP contribution < -0.4 is 0 Å². The summed E-state index contributed by atoms with van der Waals surface area (Å²) in [6.45, 7) is 1.74. The van der Waals surface area contributed by atoms with Gasteiger partial charge in [-0.2, -0.15) is 5.26 Å². The van der Waals surface area contributed by atoms with E-state index < -0.39 is 6.10 Å². The predicted molar refractivity (Wildman–Crippen MR) is 58.2 cm³/mol. The molecule has 1 aromatic heterocycles. The maximum atomic E-state index is 9.58. The number of hydrogen-bond donors (Lipinski definition) is 2. The summed E-state index contributed by atoms with van der Waals surface area (Å²) in [5.41, 5.74) is 2.78. The number of aliphatic hydroxyl groups excluding tert-OH is 1. The molecular formula is C12H12N2O. The lowest BCUT2D eigenvalue weighted by molar-refractivity contribution is 0.200. The second-order valence-electron chi connectivity index (χ2n) is 3.59. The van der Waals surface area contributed by atoms with Gasteiger partial charge in [0.15, 0.2) is 0 Å². The first-order valence-electron chi connectivity index (χ1n) is 4.88. The molecule has 2 N–H and O–H groups in total. The van der Waals surface area contributed by atoms with E-state index in [1.807, 2.05) is 24.4 Å². The number of nitrogens with one attached hydrogen (secondary N) is 1. The van der Waals surface area contributed by atoms with Gasteiger partial charge in [-0.15, -0.1) is 0 Å². The van der Waals surface area contributed by atoms with E-state index in [0.717, 1.165) is 22.0 Å². The number of benzene rings is 1. The van der Waals surface area contributed by atoms with Crippen molar-refractivity contribution in [2.45, 2.75) is 19.4 Å². The Labute approximate surface area is 88.0 Å². The standard InChI is InChI=1S/C12H12N2O/c1-8(15)10-3-2-4-11-9(5-6-13)7-14-12(10)11/h2-4,7-8,14-15H,5H2,1H3. The van der Waals surface area contributed by atoms with Crippen LogP contribution in [0.15, 0.2) is 24.4 Å². The molecule has 3 nitrogen and oxygen atoms in total. The summed E-state index contributed by atoms with van der Waals surface area (Å²) in [7, 11) is 0. The van der Waals surface area contributed by atoms with Crippen molar-refractivity contribution in [3.05, 3.63) is 35.5 Å². The highest BCUT2D eigenvalue weighted by atomic mass is 16.3. The summed E-state index contributed by atoms with van der Waals surface area (Å²) in [6.07, 6.45) is 1.73. The second kappa shape index (κ2) is 3.76. The number of hydrogen-bond acceptors (Lipinski definition) is 2. The van der Waals surface area contributed by atoms with Crippen LogP contribution >= 0.6 is 0 Å². The van der Waals surface area contributed by atoms with Crippen molar-refractivity contribution in [2.24, 2.45) is 0 Å². The van der Waals surface area contributed by atoms with Gasteiger partial charge in [0.05, 0.1) is 24.1 Å². The van der Waals surface area contributed by atoms with E-state index in [1.54, 1.807) is 6.92 Å². The van der Waals surface area contributed by atoms with Gasteiger partial charge >= 0.3 is 0 Å². The molecule has 0 saturated heterocycles. The molecule has 1 atom stereocenters. The lowest BCUT2D eigenvalue weighted by Crippen LogP contribution is -1.91. The zero-order valence-corrected chi connectivity index (χ0v) is 8.49. The molecule has 1 unspecified atom stereocenters. The summed E-state index contributed by atoms with van der Waals surface area (Å²) in [5, 5.41) is 19.3. The number of aliphatic hydroxyl groups is 1. The van der Waals surface area contributed by atoms with E-state index in [1.165, 1.54) is 0 Å². The SMILES string of the molecule is CC(O)c1cccc2c(CC#N)c[nH]c12. The maximum Gasteiger partial charge on any atom is 0.0782 e. The minimum atomic E-state index is -0.498. The number of aromatic amines is 1. The number of nitriles is 1. The largest absolute Gasteiger partial charge is 0.389 e. The molecule has 0 amide bonds. The number of H-pyrrole nitrogens is 1. The molecule has 1 heterocycles. The Balaban J connectivity index is 2.64. The third kappa shape index (κ3) is 1.60.